The number of hydrogen-bond acceptors (Lipinski definition) is 6. The minimum absolute atomic E-state index is 0.0813. The molecule has 0 amide bonds. The second-order valence-electron chi connectivity index (χ2n) is 4.43. The average molecular weight is 392 g/mol. The van der Waals surface area contributed by atoms with E-state index in [-0.39, 0.29) is 34.8 Å². The van der Waals surface area contributed by atoms with Crippen molar-refractivity contribution in [2.75, 3.05) is 32.5 Å². The van der Waals surface area contributed by atoms with Crippen LogP contribution in [-0.4, -0.2) is 39.5 Å². The van der Waals surface area contributed by atoms with Gasteiger partial charge in [0.25, 0.3) is 0 Å². The topological polar surface area (TPSA) is 65.1 Å². The third kappa shape index (κ3) is 3.35. The molecule has 0 unspecified atom stereocenters. The van der Waals surface area contributed by atoms with Crippen LogP contribution in [0.1, 0.15) is 0 Å². The van der Waals surface area contributed by atoms with Crippen molar-refractivity contribution in [1.29, 1.82) is 0 Å². The van der Waals surface area contributed by atoms with Crippen LogP contribution in [0.5, 0.6) is 0 Å². The van der Waals surface area contributed by atoms with E-state index in [2.05, 4.69) is 25.4 Å². The summed E-state index contributed by atoms with van der Waals surface area (Å²) in [7, 11) is 2.29. The molecule has 0 spiro atoms. The van der Waals surface area contributed by atoms with Crippen molar-refractivity contribution in [3.8, 4) is 0 Å². The lowest BCUT2D eigenvalue weighted by Gasteiger charge is -2.31. The molecular formula is C14H12BrF2NO5. The Bertz CT molecular complexity index is 692. The molecule has 0 fully saturated rings. The predicted octanol–water partition coefficient (Wildman–Crippen LogP) is 2.12. The van der Waals surface area contributed by atoms with Gasteiger partial charge in [-0.25, -0.2) is 18.4 Å². The summed E-state index contributed by atoms with van der Waals surface area (Å²) < 4.78 is 41.5. The first kappa shape index (κ1) is 17.4. The summed E-state index contributed by atoms with van der Waals surface area (Å²) in [5.74, 6) is -3.79. The summed E-state index contributed by atoms with van der Waals surface area (Å²) in [5.41, 5.74) is -0.134. The molecule has 0 radical (unpaired) electrons. The highest BCUT2D eigenvalue weighted by Crippen LogP contribution is 2.34. The summed E-state index contributed by atoms with van der Waals surface area (Å²) in [4.78, 5) is 25.1. The van der Waals surface area contributed by atoms with Gasteiger partial charge in [-0.3, -0.25) is 0 Å². The Morgan fingerprint density at radius 1 is 1.17 bits per heavy atom. The fourth-order valence-corrected chi connectivity index (χ4v) is 2.58. The summed E-state index contributed by atoms with van der Waals surface area (Å²) in [6.45, 7) is -0.330. The Labute approximate surface area is 138 Å². The van der Waals surface area contributed by atoms with E-state index in [9.17, 15) is 18.4 Å². The summed E-state index contributed by atoms with van der Waals surface area (Å²) in [5, 5.41) is 0. The largest absolute Gasteiger partial charge is 0.466 e. The van der Waals surface area contributed by atoms with E-state index < -0.39 is 23.6 Å². The number of anilines is 1. The maximum Gasteiger partial charge on any atom is 0.355 e. The van der Waals surface area contributed by atoms with Crippen LogP contribution in [0.25, 0.3) is 0 Å². The highest BCUT2D eigenvalue weighted by molar-refractivity contribution is 9.10. The van der Waals surface area contributed by atoms with E-state index in [4.69, 9.17) is 4.74 Å². The first-order chi connectivity index (χ1) is 10.9. The third-order valence-corrected chi connectivity index (χ3v) is 3.75. The zero-order valence-corrected chi connectivity index (χ0v) is 13.8. The molecule has 0 saturated heterocycles. The molecule has 1 aliphatic heterocycles. The molecule has 0 saturated carbocycles. The van der Waals surface area contributed by atoms with Crippen LogP contribution in [0, 0.1) is 11.6 Å². The number of nitrogens with zero attached hydrogens (tertiary/aromatic N) is 1. The minimum Gasteiger partial charge on any atom is -0.466 e. The van der Waals surface area contributed by atoms with Crippen LogP contribution in [-0.2, 0) is 23.8 Å². The number of ether oxygens (including phenoxy) is 3. The first-order valence-electron chi connectivity index (χ1n) is 6.30. The molecule has 124 valence electrons. The van der Waals surface area contributed by atoms with Gasteiger partial charge in [0.15, 0.2) is 11.6 Å². The Morgan fingerprint density at radius 3 is 2.39 bits per heavy atom. The van der Waals surface area contributed by atoms with Crippen molar-refractivity contribution >= 4 is 33.6 Å². The number of rotatable bonds is 3. The van der Waals surface area contributed by atoms with Crippen LogP contribution in [0.3, 0.4) is 0 Å². The second-order valence-corrected chi connectivity index (χ2v) is 5.29. The number of benzene rings is 1. The normalized spacial score (nSPS) is 14.7. The van der Waals surface area contributed by atoms with Gasteiger partial charge in [0.1, 0.15) is 12.4 Å². The average Bonchev–Trinajstić information content (AvgIpc) is 2.56. The smallest absolute Gasteiger partial charge is 0.355 e. The quantitative estimate of drug-likeness (QED) is 0.580. The zero-order chi connectivity index (χ0) is 17.1. The van der Waals surface area contributed by atoms with Crippen molar-refractivity contribution in [1.82, 2.24) is 0 Å². The fraction of sp³-hybridized carbons (Fsp3) is 0.286. The van der Waals surface area contributed by atoms with Crippen molar-refractivity contribution in [2.24, 2.45) is 0 Å². The molecule has 1 aromatic rings. The highest BCUT2D eigenvalue weighted by atomic mass is 79.9. The van der Waals surface area contributed by atoms with E-state index in [0.29, 0.717) is 0 Å². The number of esters is 2. The van der Waals surface area contributed by atoms with Gasteiger partial charge in [0, 0.05) is 10.5 Å². The summed E-state index contributed by atoms with van der Waals surface area (Å²) >= 11 is 3.09. The molecule has 0 aromatic heterocycles. The zero-order valence-electron chi connectivity index (χ0n) is 12.2. The lowest BCUT2D eigenvalue weighted by atomic mass is 10.1. The summed E-state index contributed by atoms with van der Waals surface area (Å²) in [6.07, 6.45) is 0. The molecule has 0 bridgehead atoms. The van der Waals surface area contributed by atoms with Gasteiger partial charge in [0.05, 0.1) is 32.1 Å². The molecule has 23 heavy (non-hydrogen) atoms. The Balaban J connectivity index is 2.62. The molecule has 1 aliphatic rings. The van der Waals surface area contributed by atoms with Gasteiger partial charge >= 0.3 is 11.9 Å². The lowest BCUT2D eigenvalue weighted by Crippen LogP contribution is -2.39. The number of carbonyl (C=O) groups excluding carboxylic acids is 2. The van der Waals surface area contributed by atoms with Crippen LogP contribution in [0.2, 0.25) is 0 Å². The van der Waals surface area contributed by atoms with E-state index in [1.165, 1.54) is 4.90 Å². The standard InChI is InChI=1S/C14H12BrF2NO5/c1-21-13(19)7-5-23-6-18(12(7)14(20)22-2)11-4-10(17)9(16)3-8(11)15/h3-4H,5-6H2,1-2H3. The van der Waals surface area contributed by atoms with Crippen LogP contribution < -0.4 is 4.90 Å². The Kier molecular flexibility index (Phi) is 5.32. The second kappa shape index (κ2) is 7.05. The van der Waals surface area contributed by atoms with Crippen LogP contribution >= 0.6 is 15.9 Å². The van der Waals surface area contributed by atoms with Gasteiger partial charge in [-0.2, -0.15) is 0 Å². The predicted molar refractivity (Wildman–Crippen MR) is 78.4 cm³/mol. The number of hydrogen-bond donors (Lipinski definition) is 0. The Morgan fingerprint density at radius 2 is 1.78 bits per heavy atom. The van der Waals surface area contributed by atoms with Gasteiger partial charge in [-0.1, -0.05) is 0 Å². The molecule has 1 aromatic carbocycles. The molecule has 0 N–H and O–H groups in total. The number of carbonyl (C=O) groups is 2. The summed E-state index contributed by atoms with van der Waals surface area (Å²) in [6, 6.07) is 1.79. The highest BCUT2D eigenvalue weighted by Gasteiger charge is 2.33. The van der Waals surface area contributed by atoms with E-state index >= 15 is 0 Å². The molecule has 2 rings (SSSR count). The molecule has 6 nitrogen and oxygen atoms in total. The molecule has 0 atom stereocenters. The Hall–Kier alpha value is -2.00. The van der Waals surface area contributed by atoms with E-state index in [1.54, 1.807) is 0 Å². The van der Waals surface area contributed by atoms with Gasteiger partial charge < -0.3 is 19.1 Å². The van der Waals surface area contributed by atoms with Crippen molar-refractivity contribution < 1.29 is 32.6 Å². The minimum atomic E-state index is -1.11. The van der Waals surface area contributed by atoms with E-state index in [0.717, 1.165) is 26.4 Å². The van der Waals surface area contributed by atoms with Crippen LogP contribution in [0.15, 0.2) is 27.9 Å². The van der Waals surface area contributed by atoms with Crippen molar-refractivity contribution in [3.05, 3.63) is 39.5 Å². The van der Waals surface area contributed by atoms with Gasteiger partial charge in [0.2, 0.25) is 0 Å². The molecule has 9 heteroatoms. The van der Waals surface area contributed by atoms with Crippen molar-refractivity contribution in [2.45, 2.75) is 0 Å². The maximum atomic E-state index is 13.6. The monoisotopic (exact) mass is 391 g/mol. The number of halogens is 3. The van der Waals surface area contributed by atoms with Gasteiger partial charge in [-0.05, 0) is 22.0 Å². The van der Waals surface area contributed by atoms with E-state index in [1.807, 2.05) is 0 Å². The maximum absolute atomic E-state index is 13.6. The van der Waals surface area contributed by atoms with Crippen LogP contribution in [0.4, 0.5) is 14.5 Å². The SMILES string of the molecule is COC(=O)C1=C(C(=O)OC)N(c2cc(F)c(F)cc2Br)COC1. The first-order valence-corrected chi connectivity index (χ1v) is 7.09. The fourth-order valence-electron chi connectivity index (χ4n) is 2.05. The third-order valence-electron chi connectivity index (χ3n) is 3.11. The molecule has 0 aliphatic carbocycles. The molecule has 1 heterocycles. The van der Waals surface area contributed by atoms with Gasteiger partial charge in [-0.15, -0.1) is 0 Å². The molecular weight excluding hydrogens is 380 g/mol. The number of methoxy groups -OCH3 is 2. The van der Waals surface area contributed by atoms with Crippen molar-refractivity contribution in [3.63, 3.8) is 0 Å². The lowest BCUT2D eigenvalue weighted by molar-refractivity contribution is -0.140.